The first-order valence-electron chi connectivity index (χ1n) is 6.89. The minimum Gasteiger partial charge on any atom is -0.495 e. The number of carbonyl (C=O) groups excluding carboxylic acids is 2. The average Bonchev–Trinajstić information content (AvgIpc) is 2.47. The van der Waals surface area contributed by atoms with Crippen LogP contribution in [0, 0.1) is 5.92 Å². The summed E-state index contributed by atoms with van der Waals surface area (Å²) >= 11 is 6.03. The Morgan fingerprint density at radius 2 is 2.05 bits per heavy atom. The summed E-state index contributed by atoms with van der Waals surface area (Å²) in [5.74, 6) is 0.252. The fraction of sp³-hybridized carbons (Fsp3) is 0.467. The number of piperidine rings is 1. The number of ketones is 1. The van der Waals surface area contributed by atoms with Crippen molar-refractivity contribution in [2.24, 2.45) is 11.7 Å². The molecule has 1 amide bonds. The molecule has 1 aromatic carbocycles. The third-order valence-electron chi connectivity index (χ3n) is 3.83. The summed E-state index contributed by atoms with van der Waals surface area (Å²) in [5.41, 5.74) is 5.87. The molecule has 1 fully saturated rings. The first-order valence-corrected chi connectivity index (χ1v) is 7.27. The van der Waals surface area contributed by atoms with Crippen LogP contribution < -0.4 is 10.5 Å². The Labute approximate surface area is 129 Å². The number of nitrogens with two attached hydrogens (primary N) is 1. The number of likely N-dealkylation sites (tertiary alicyclic amines) is 1. The maximum atomic E-state index is 12.2. The zero-order valence-electron chi connectivity index (χ0n) is 12.0. The van der Waals surface area contributed by atoms with Crippen molar-refractivity contribution in [3.05, 3.63) is 28.8 Å². The lowest BCUT2D eigenvalue weighted by atomic mass is 9.96. The Bertz CT molecular complexity index is 540. The molecule has 2 N–H and O–H groups in total. The van der Waals surface area contributed by atoms with Crippen LogP contribution in [-0.2, 0) is 4.79 Å². The van der Waals surface area contributed by atoms with Gasteiger partial charge in [-0.3, -0.25) is 14.5 Å². The fourth-order valence-corrected chi connectivity index (χ4v) is 2.77. The van der Waals surface area contributed by atoms with Crippen molar-refractivity contribution in [1.29, 1.82) is 0 Å². The van der Waals surface area contributed by atoms with Crippen LogP contribution in [0.4, 0.5) is 0 Å². The van der Waals surface area contributed by atoms with Crippen molar-refractivity contribution in [3.8, 4) is 5.75 Å². The second-order valence-electron chi connectivity index (χ2n) is 5.23. The van der Waals surface area contributed by atoms with Gasteiger partial charge in [0.2, 0.25) is 5.91 Å². The van der Waals surface area contributed by atoms with Crippen LogP contribution >= 0.6 is 11.6 Å². The number of carbonyl (C=O) groups is 2. The van der Waals surface area contributed by atoms with E-state index in [1.54, 1.807) is 18.2 Å². The molecule has 1 aliphatic heterocycles. The fourth-order valence-electron chi connectivity index (χ4n) is 2.51. The van der Waals surface area contributed by atoms with Crippen molar-refractivity contribution < 1.29 is 14.3 Å². The molecule has 0 radical (unpaired) electrons. The van der Waals surface area contributed by atoms with E-state index < -0.39 is 0 Å². The lowest BCUT2D eigenvalue weighted by Gasteiger charge is -2.29. The molecule has 6 heteroatoms. The standard InChI is InChI=1S/C15H19ClN2O3/c1-21-14-3-2-11(8-12(14)16)13(19)9-18-6-4-10(5-7-18)15(17)20/h2-3,8,10H,4-7,9H2,1H3,(H2,17,20). The number of amides is 1. The minimum absolute atomic E-state index is 0.0112. The van der Waals surface area contributed by atoms with Crippen LogP contribution in [0.2, 0.25) is 5.02 Å². The van der Waals surface area contributed by atoms with E-state index in [1.807, 2.05) is 4.90 Å². The molecule has 0 unspecified atom stereocenters. The van der Waals surface area contributed by atoms with E-state index in [0.717, 1.165) is 0 Å². The van der Waals surface area contributed by atoms with Gasteiger partial charge < -0.3 is 10.5 Å². The lowest BCUT2D eigenvalue weighted by molar-refractivity contribution is -0.123. The number of primary amides is 1. The summed E-state index contributed by atoms with van der Waals surface area (Å²) in [7, 11) is 1.53. The molecule has 21 heavy (non-hydrogen) atoms. The maximum absolute atomic E-state index is 12.2. The summed E-state index contributed by atoms with van der Waals surface area (Å²) in [6, 6.07) is 5.02. The van der Waals surface area contributed by atoms with Crippen molar-refractivity contribution in [2.75, 3.05) is 26.7 Å². The Hall–Kier alpha value is -1.59. The molecule has 0 atom stereocenters. The van der Waals surface area contributed by atoms with Gasteiger partial charge in [0.1, 0.15) is 5.75 Å². The molecule has 0 spiro atoms. The van der Waals surface area contributed by atoms with Gasteiger partial charge in [0.25, 0.3) is 0 Å². The molecule has 1 heterocycles. The van der Waals surface area contributed by atoms with Crippen LogP contribution in [0.5, 0.6) is 5.75 Å². The van der Waals surface area contributed by atoms with Crippen molar-refractivity contribution in [2.45, 2.75) is 12.8 Å². The van der Waals surface area contributed by atoms with Gasteiger partial charge in [-0.05, 0) is 44.1 Å². The minimum atomic E-state index is -0.247. The molecular formula is C15H19ClN2O3. The second-order valence-corrected chi connectivity index (χ2v) is 5.63. The highest BCUT2D eigenvalue weighted by Gasteiger charge is 2.24. The number of rotatable bonds is 5. The van der Waals surface area contributed by atoms with Gasteiger partial charge >= 0.3 is 0 Å². The predicted molar refractivity (Wildman–Crippen MR) is 80.7 cm³/mol. The molecule has 1 aromatic rings. The molecule has 5 nitrogen and oxygen atoms in total. The number of hydrogen-bond donors (Lipinski definition) is 1. The molecule has 0 bridgehead atoms. The quantitative estimate of drug-likeness (QED) is 0.841. The van der Waals surface area contributed by atoms with Crippen LogP contribution in [0.15, 0.2) is 18.2 Å². The van der Waals surface area contributed by atoms with E-state index in [1.165, 1.54) is 7.11 Å². The number of halogens is 1. The van der Waals surface area contributed by atoms with E-state index in [-0.39, 0.29) is 17.6 Å². The normalized spacial score (nSPS) is 16.7. The first-order chi connectivity index (χ1) is 10.0. The molecule has 1 aliphatic rings. The Morgan fingerprint density at radius 3 is 2.57 bits per heavy atom. The number of Topliss-reactive ketones (excluding diaryl/α,β-unsaturated/α-hetero) is 1. The average molecular weight is 311 g/mol. The number of methoxy groups -OCH3 is 1. The van der Waals surface area contributed by atoms with Crippen molar-refractivity contribution >= 4 is 23.3 Å². The SMILES string of the molecule is COc1ccc(C(=O)CN2CCC(C(N)=O)CC2)cc1Cl. The summed E-state index contributed by atoms with van der Waals surface area (Å²) in [5, 5.41) is 0.427. The van der Waals surface area contributed by atoms with Gasteiger partial charge in [-0.25, -0.2) is 0 Å². The van der Waals surface area contributed by atoms with E-state index in [2.05, 4.69) is 0 Å². The van der Waals surface area contributed by atoms with E-state index in [0.29, 0.717) is 48.8 Å². The van der Waals surface area contributed by atoms with Crippen molar-refractivity contribution in [1.82, 2.24) is 4.90 Å². The zero-order valence-corrected chi connectivity index (χ0v) is 12.7. The highest BCUT2D eigenvalue weighted by molar-refractivity contribution is 6.32. The third kappa shape index (κ3) is 3.95. The van der Waals surface area contributed by atoms with Gasteiger partial charge in [-0.15, -0.1) is 0 Å². The van der Waals surface area contributed by atoms with Gasteiger partial charge in [0, 0.05) is 11.5 Å². The zero-order chi connectivity index (χ0) is 15.4. The molecule has 0 aromatic heterocycles. The molecule has 0 saturated carbocycles. The van der Waals surface area contributed by atoms with Gasteiger partial charge in [-0.2, -0.15) is 0 Å². The smallest absolute Gasteiger partial charge is 0.220 e. The van der Waals surface area contributed by atoms with Crippen LogP contribution in [0.3, 0.4) is 0 Å². The Balaban J connectivity index is 1.93. The van der Waals surface area contributed by atoms with Crippen LogP contribution in [0.25, 0.3) is 0 Å². The van der Waals surface area contributed by atoms with Crippen molar-refractivity contribution in [3.63, 3.8) is 0 Å². The lowest BCUT2D eigenvalue weighted by Crippen LogP contribution is -2.40. The van der Waals surface area contributed by atoms with Gasteiger partial charge in [-0.1, -0.05) is 11.6 Å². The largest absolute Gasteiger partial charge is 0.495 e. The highest BCUT2D eigenvalue weighted by Crippen LogP contribution is 2.25. The van der Waals surface area contributed by atoms with Crippen LogP contribution in [-0.4, -0.2) is 43.3 Å². The Morgan fingerprint density at radius 1 is 1.38 bits per heavy atom. The number of benzene rings is 1. The predicted octanol–water partition coefficient (Wildman–Crippen LogP) is 1.73. The van der Waals surface area contributed by atoms with E-state index in [4.69, 9.17) is 22.1 Å². The molecule has 1 saturated heterocycles. The summed E-state index contributed by atoms with van der Waals surface area (Å²) in [4.78, 5) is 25.4. The Kier molecular flexibility index (Phi) is 5.20. The second kappa shape index (κ2) is 6.91. The summed E-state index contributed by atoms with van der Waals surface area (Å²) in [6.45, 7) is 1.75. The summed E-state index contributed by atoms with van der Waals surface area (Å²) in [6.07, 6.45) is 1.43. The maximum Gasteiger partial charge on any atom is 0.220 e. The van der Waals surface area contributed by atoms with E-state index in [9.17, 15) is 9.59 Å². The molecule has 2 rings (SSSR count). The van der Waals surface area contributed by atoms with Gasteiger partial charge in [0.15, 0.2) is 5.78 Å². The first kappa shape index (κ1) is 15.8. The number of nitrogens with zero attached hydrogens (tertiary/aromatic N) is 1. The molecular weight excluding hydrogens is 292 g/mol. The molecule has 114 valence electrons. The number of ether oxygens (including phenoxy) is 1. The monoisotopic (exact) mass is 310 g/mol. The van der Waals surface area contributed by atoms with Gasteiger partial charge in [0.05, 0.1) is 18.7 Å². The molecule has 0 aliphatic carbocycles. The number of hydrogen-bond acceptors (Lipinski definition) is 4. The van der Waals surface area contributed by atoms with E-state index >= 15 is 0 Å². The summed E-state index contributed by atoms with van der Waals surface area (Å²) < 4.78 is 5.07. The van der Waals surface area contributed by atoms with Crippen LogP contribution in [0.1, 0.15) is 23.2 Å². The topological polar surface area (TPSA) is 72.6 Å². The highest BCUT2D eigenvalue weighted by atomic mass is 35.5. The third-order valence-corrected chi connectivity index (χ3v) is 4.13.